The van der Waals surface area contributed by atoms with Crippen LogP contribution in [0.15, 0.2) is 35.5 Å². The summed E-state index contributed by atoms with van der Waals surface area (Å²) >= 11 is 1.23. The van der Waals surface area contributed by atoms with Crippen LogP contribution in [0.3, 0.4) is 0 Å². The van der Waals surface area contributed by atoms with Crippen LogP contribution in [-0.2, 0) is 9.59 Å². The van der Waals surface area contributed by atoms with Crippen molar-refractivity contribution in [3.8, 4) is 0 Å². The van der Waals surface area contributed by atoms with Crippen molar-refractivity contribution < 1.29 is 9.59 Å². The fourth-order valence-electron chi connectivity index (χ4n) is 3.30. The van der Waals surface area contributed by atoms with E-state index in [9.17, 15) is 9.59 Å². The summed E-state index contributed by atoms with van der Waals surface area (Å²) in [4.78, 5) is 35.9. The number of nitrogens with one attached hydrogen (secondary N) is 1. The van der Waals surface area contributed by atoms with Gasteiger partial charge in [-0.15, -0.1) is 5.10 Å². The van der Waals surface area contributed by atoms with Gasteiger partial charge >= 0.3 is 0 Å². The Morgan fingerprint density at radius 3 is 2.75 bits per heavy atom. The number of hydrogen-bond acceptors (Lipinski definition) is 6. The third kappa shape index (κ3) is 3.01. The number of aryl methyl sites for hydroxylation is 2. The molecule has 9 heteroatoms. The highest BCUT2D eigenvalue weighted by molar-refractivity contribution is 7.99. The zero-order valence-corrected chi connectivity index (χ0v) is 16.9. The molecule has 1 aromatic carbocycles. The first-order chi connectivity index (χ1) is 13.3. The Labute approximate surface area is 166 Å². The Bertz CT molecular complexity index is 1110. The average Bonchev–Trinajstić information content (AvgIpc) is 3.04. The molecule has 144 valence electrons. The van der Waals surface area contributed by atoms with Crippen LogP contribution in [-0.4, -0.2) is 42.7 Å². The van der Waals surface area contributed by atoms with Gasteiger partial charge in [-0.05, 0) is 45.9 Å². The lowest BCUT2D eigenvalue weighted by Crippen LogP contribution is -2.58. The van der Waals surface area contributed by atoms with E-state index in [1.54, 1.807) is 29.3 Å². The number of thioether (sulfide) groups is 1. The smallest absolute Gasteiger partial charge is 0.253 e. The summed E-state index contributed by atoms with van der Waals surface area (Å²) < 4.78 is 1.66. The molecule has 0 radical (unpaired) electrons. The van der Waals surface area contributed by atoms with Crippen molar-refractivity contribution in [2.45, 2.75) is 38.4 Å². The van der Waals surface area contributed by atoms with E-state index in [0.29, 0.717) is 22.3 Å². The molecular weight excluding hydrogens is 376 g/mol. The molecule has 0 fully saturated rings. The Morgan fingerprint density at radius 1 is 1.21 bits per heavy atom. The maximum Gasteiger partial charge on any atom is 0.253 e. The van der Waals surface area contributed by atoms with Gasteiger partial charge in [-0.2, -0.15) is 4.98 Å². The number of nitrogens with zero attached hydrogens (tertiary/aromatic N) is 5. The van der Waals surface area contributed by atoms with Gasteiger partial charge in [0.25, 0.3) is 5.78 Å². The Morgan fingerprint density at radius 2 is 1.96 bits per heavy atom. The van der Waals surface area contributed by atoms with Crippen molar-refractivity contribution in [2.75, 3.05) is 16.0 Å². The number of rotatable bonds is 3. The molecule has 0 atom stereocenters. The second-order valence-corrected chi connectivity index (χ2v) is 8.14. The minimum Gasteiger partial charge on any atom is -0.322 e. The SMILES string of the molecule is Cc1cc(C)n2nc(SCC(=O)N3c4ccccc4NC(=O)C3(C)C)nc2n1. The molecule has 0 aliphatic carbocycles. The summed E-state index contributed by atoms with van der Waals surface area (Å²) in [5, 5.41) is 7.76. The summed E-state index contributed by atoms with van der Waals surface area (Å²) in [6, 6.07) is 9.22. The van der Waals surface area contributed by atoms with Crippen molar-refractivity contribution in [2.24, 2.45) is 0 Å². The van der Waals surface area contributed by atoms with E-state index >= 15 is 0 Å². The number of fused-ring (bicyclic) bond motifs is 2. The summed E-state index contributed by atoms with van der Waals surface area (Å²) in [5.74, 6) is 0.221. The molecule has 1 aliphatic rings. The second kappa shape index (κ2) is 6.59. The molecule has 0 saturated carbocycles. The third-order valence-electron chi connectivity index (χ3n) is 4.68. The molecule has 8 nitrogen and oxygen atoms in total. The summed E-state index contributed by atoms with van der Waals surface area (Å²) in [6.45, 7) is 7.31. The van der Waals surface area contributed by atoms with Crippen LogP contribution >= 0.6 is 11.8 Å². The van der Waals surface area contributed by atoms with E-state index in [4.69, 9.17) is 0 Å². The number of carbonyl (C=O) groups is 2. The first-order valence-electron chi connectivity index (χ1n) is 8.85. The van der Waals surface area contributed by atoms with Crippen LogP contribution in [0.25, 0.3) is 5.78 Å². The number of hydrogen-bond donors (Lipinski definition) is 1. The Hall–Kier alpha value is -2.94. The summed E-state index contributed by atoms with van der Waals surface area (Å²) in [6.07, 6.45) is 0. The van der Waals surface area contributed by atoms with Crippen LogP contribution in [0.5, 0.6) is 0 Å². The average molecular weight is 396 g/mol. The number of anilines is 2. The van der Waals surface area contributed by atoms with E-state index in [1.807, 2.05) is 38.1 Å². The zero-order valence-electron chi connectivity index (χ0n) is 16.1. The quantitative estimate of drug-likeness (QED) is 0.684. The van der Waals surface area contributed by atoms with Crippen LogP contribution in [0.2, 0.25) is 0 Å². The van der Waals surface area contributed by atoms with Crippen molar-refractivity contribution in [1.82, 2.24) is 19.6 Å². The van der Waals surface area contributed by atoms with Gasteiger partial charge in [-0.3, -0.25) is 14.5 Å². The number of amides is 2. The molecule has 2 aromatic heterocycles. The van der Waals surface area contributed by atoms with E-state index in [2.05, 4.69) is 20.4 Å². The van der Waals surface area contributed by atoms with Gasteiger partial charge in [0.1, 0.15) is 5.54 Å². The molecular formula is C19H20N6O2S. The van der Waals surface area contributed by atoms with Gasteiger partial charge in [-0.25, -0.2) is 9.50 Å². The molecule has 0 saturated heterocycles. The minimum atomic E-state index is -0.992. The maximum atomic E-state index is 13.1. The number of para-hydroxylation sites is 2. The van der Waals surface area contributed by atoms with Crippen molar-refractivity contribution >= 4 is 40.7 Å². The molecule has 1 aliphatic heterocycles. The lowest BCUT2D eigenvalue weighted by molar-refractivity contribution is -0.125. The van der Waals surface area contributed by atoms with E-state index < -0.39 is 5.54 Å². The molecule has 4 rings (SSSR count). The van der Waals surface area contributed by atoms with Gasteiger partial charge in [0.15, 0.2) is 0 Å². The third-order valence-corrected chi connectivity index (χ3v) is 5.50. The topological polar surface area (TPSA) is 92.5 Å². The number of aromatic nitrogens is 4. The van der Waals surface area contributed by atoms with Gasteiger partial charge in [0.05, 0.1) is 17.1 Å². The fourth-order valence-corrected chi connectivity index (χ4v) is 3.97. The predicted molar refractivity (Wildman–Crippen MR) is 108 cm³/mol. The monoisotopic (exact) mass is 396 g/mol. The van der Waals surface area contributed by atoms with Gasteiger partial charge in [0.2, 0.25) is 17.0 Å². The van der Waals surface area contributed by atoms with Crippen molar-refractivity contribution in [3.05, 3.63) is 41.7 Å². The lowest BCUT2D eigenvalue weighted by Gasteiger charge is -2.42. The van der Waals surface area contributed by atoms with Crippen LogP contribution < -0.4 is 10.2 Å². The normalized spacial score (nSPS) is 15.4. The molecule has 0 spiro atoms. The maximum absolute atomic E-state index is 13.1. The lowest BCUT2D eigenvalue weighted by atomic mass is 9.96. The van der Waals surface area contributed by atoms with E-state index in [1.165, 1.54) is 11.8 Å². The van der Waals surface area contributed by atoms with Gasteiger partial charge < -0.3 is 5.32 Å². The summed E-state index contributed by atoms with van der Waals surface area (Å²) in [5.41, 5.74) is 2.12. The summed E-state index contributed by atoms with van der Waals surface area (Å²) in [7, 11) is 0. The predicted octanol–water partition coefficient (Wildman–Crippen LogP) is 2.60. The van der Waals surface area contributed by atoms with Crippen molar-refractivity contribution in [3.63, 3.8) is 0 Å². The Balaban J connectivity index is 1.60. The first kappa shape index (κ1) is 18.4. The highest BCUT2D eigenvalue weighted by Crippen LogP contribution is 2.37. The molecule has 0 unspecified atom stereocenters. The fraction of sp³-hybridized carbons (Fsp3) is 0.316. The first-order valence-corrected chi connectivity index (χ1v) is 9.83. The Kier molecular flexibility index (Phi) is 4.34. The molecule has 3 heterocycles. The molecule has 0 bridgehead atoms. The van der Waals surface area contributed by atoms with E-state index in [-0.39, 0.29) is 17.6 Å². The van der Waals surface area contributed by atoms with E-state index in [0.717, 1.165) is 11.4 Å². The highest BCUT2D eigenvalue weighted by Gasteiger charge is 2.43. The molecule has 3 aromatic rings. The standard InChI is InChI=1S/C19H20N6O2S/c1-11-9-12(2)25-17(20-11)22-18(23-25)28-10-15(26)24-14-8-6-5-7-13(14)21-16(27)19(24,3)4/h5-9H,10H2,1-4H3,(H,21,27). The molecule has 1 N–H and O–H groups in total. The minimum absolute atomic E-state index is 0.111. The van der Waals surface area contributed by atoms with Crippen molar-refractivity contribution in [1.29, 1.82) is 0 Å². The highest BCUT2D eigenvalue weighted by atomic mass is 32.2. The molecule has 2 amide bonds. The van der Waals surface area contributed by atoms with Crippen LogP contribution in [0.4, 0.5) is 11.4 Å². The largest absolute Gasteiger partial charge is 0.322 e. The number of benzene rings is 1. The van der Waals surface area contributed by atoms with Gasteiger partial charge in [-0.1, -0.05) is 23.9 Å². The van der Waals surface area contributed by atoms with Crippen LogP contribution in [0, 0.1) is 13.8 Å². The van der Waals surface area contributed by atoms with Crippen LogP contribution in [0.1, 0.15) is 25.2 Å². The number of carbonyl (C=O) groups excluding carboxylic acids is 2. The van der Waals surface area contributed by atoms with Gasteiger partial charge in [0, 0.05) is 11.4 Å². The zero-order chi connectivity index (χ0) is 20.1. The molecule has 28 heavy (non-hydrogen) atoms. The second-order valence-electron chi connectivity index (χ2n) is 7.19.